The zero-order valence-corrected chi connectivity index (χ0v) is 11.4. The molecular formula is C18H20O. The van der Waals surface area contributed by atoms with Crippen LogP contribution >= 0.6 is 0 Å². The normalized spacial score (nSPS) is 18.1. The van der Waals surface area contributed by atoms with Crippen molar-refractivity contribution in [2.45, 2.75) is 25.2 Å². The van der Waals surface area contributed by atoms with Crippen molar-refractivity contribution in [3.63, 3.8) is 0 Å². The van der Waals surface area contributed by atoms with Gasteiger partial charge in [-0.3, -0.25) is 0 Å². The van der Waals surface area contributed by atoms with Crippen molar-refractivity contribution in [3.05, 3.63) is 70.8 Å². The molecule has 0 unspecified atom stereocenters. The van der Waals surface area contributed by atoms with E-state index in [-0.39, 0.29) is 0 Å². The van der Waals surface area contributed by atoms with Crippen LogP contribution in [0.5, 0.6) is 0 Å². The van der Waals surface area contributed by atoms with Crippen LogP contribution in [0, 0.1) is 0 Å². The minimum atomic E-state index is 0.448. The highest BCUT2D eigenvalue weighted by Crippen LogP contribution is 2.24. The number of aryl methyl sites for hydroxylation is 2. The van der Waals surface area contributed by atoms with Gasteiger partial charge in [0.05, 0.1) is 6.61 Å². The maximum absolute atomic E-state index is 5.40. The van der Waals surface area contributed by atoms with E-state index in [1.54, 1.807) is 7.11 Å². The Kier molecular flexibility index (Phi) is 3.65. The van der Waals surface area contributed by atoms with Crippen molar-refractivity contribution in [1.82, 2.24) is 0 Å². The van der Waals surface area contributed by atoms with Crippen LogP contribution in [0.1, 0.15) is 28.2 Å². The Morgan fingerprint density at radius 2 is 1.37 bits per heavy atom. The number of ether oxygens (including phenoxy) is 1. The molecule has 4 aliphatic rings. The standard InChI is InChI=1S/C18H20O/c1-19-13-18-12-16-6-4-14(5-7-16)2-3-15-8-10-17(18)11-9-15/h4-11,18H,2-3,12-13H2,1H3/t18-/m1/s1. The lowest BCUT2D eigenvalue weighted by molar-refractivity contribution is 0.179. The van der Waals surface area contributed by atoms with Crippen LogP contribution in [-0.2, 0) is 24.0 Å². The minimum absolute atomic E-state index is 0.448. The van der Waals surface area contributed by atoms with Gasteiger partial charge < -0.3 is 4.74 Å². The van der Waals surface area contributed by atoms with E-state index in [0.29, 0.717) is 5.92 Å². The van der Waals surface area contributed by atoms with Gasteiger partial charge in [0.2, 0.25) is 0 Å². The summed E-state index contributed by atoms with van der Waals surface area (Å²) < 4.78 is 5.40. The molecule has 6 rings (SSSR count). The van der Waals surface area contributed by atoms with Crippen LogP contribution in [0.3, 0.4) is 0 Å². The predicted molar refractivity (Wildman–Crippen MR) is 78.6 cm³/mol. The van der Waals surface area contributed by atoms with Crippen molar-refractivity contribution < 1.29 is 4.74 Å². The zero-order valence-electron chi connectivity index (χ0n) is 11.4. The molecular weight excluding hydrogens is 232 g/mol. The fraction of sp³-hybridized carbons (Fsp3) is 0.333. The van der Waals surface area contributed by atoms with Crippen LogP contribution in [0.4, 0.5) is 0 Å². The highest BCUT2D eigenvalue weighted by atomic mass is 16.5. The molecule has 98 valence electrons. The summed E-state index contributed by atoms with van der Waals surface area (Å²) in [5.74, 6) is 0.448. The van der Waals surface area contributed by atoms with Crippen LogP contribution in [0.2, 0.25) is 0 Å². The van der Waals surface area contributed by atoms with Crippen molar-refractivity contribution in [3.8, 4) is 0 Å². The first-order valence-corrected chi connectivity index (χ1v) is 7.01. The molecule has 1 atom stereocenters. The molecule has 0 spiro atoms. The number of hydrogen-bond donors (Lipinski definition) is 0. The van der Waals surface area contributed by atoms with Crippen LogP contribution in [-0.4, -0.2) is 13.7 Å². The van der Waals surface area contributed by atoms with Gasteiger partial charge in [-0.15, -0.1) is 0 Å². The number of hydrogen-bond acceptors (Lipinski definition) is 1. The molecule has 0 saturated carbocycles. The Labute approximate surface area is 115 Å². The summed E-state index contributed by atoms with van der Waals surface area (Å²) >= 11 is 0. The summed E-state index contributed by atoms with van der Waals surface area (Å²) in [4.78, 5) is 0. The lowest BCUT2D eigenvalue weighted by Crippen LogP contribution is -2.10. The Morgan fingerprint density at radius 1 is 0.842 bits per heavy atom. The quantitative estimate of drug-likeness (QED) is 0.791. The smallest absolute Gasteiger partial charge is 0.0534 e. The van der Waals surface area contributed by atoms with Gasteiger partial charge in [-0.1, -0.05) is 48.5 Å². The highest BCUT2D eigenvalue weighted by Gasteiger charge is 2.13. The molecule has 0 heterocycles. The van der Waals surface area contributed by atoms with Crippen molar-refractivity contribution in [2.24, 2.45) is 0 Å². The van der Waals surface area contributed by atoms with Gasteiger partial charge in [-0.25, -0.2) is 0 Å². The van der Waals surface area contributed by atoms with Gasteiger partial charge in [0, 0.05) is 13.0 Å². The molecule has 1 heteroatoms. The maximum atomic E-state index is 5.40. The average Bonchev–Trinajstić information content (AvgIpc) is 2.45. The molecule has 4 bridgehead atoms. The topological polar surface area (TPSA) is 9.23 Å². The lowest BCUT2D eigenvalue weighted by Gasteiger charge is -2.18. The summed E-state index contributed by atoms with van der Waals surface area (Å²) in [6, 6.07) is 18.2. The molecule has 0 radical (unpaired) electrons. The van der Waals surface area contributed by atoms with Gasteiger partial charge in [-0.05, 0) is 41.5 Å². The third-order valence-corrected chi connectivity index (χ3v) is 4.03. The van der Waals surface area contributed by atoms with Crippen molar-refractivity contribution in [2.75, 3.05) is 13.7 Å². The number of rotatable bonds is 2. The molecule has 0 saturated heterocycles. The van der Waals surface area contributed by atoms with Crippen LogP contribution in [0.25, 0.3) is 0 Å². The molecule has 2 aromatic carbocycles. The molecule has 0 fully saturated rings. The maximum Gasteiger partial charge on any atom is 0.0534 e. The first kappa shape index (κ1) is 12.4. The van der Waals surface area contributed by atoms with Gasteiger partial charge >= 0.3 is 0 Å². The van der Waals surface area contributed by atoms with E-state index in [1.807, 2.05) is 0 Å². The predicted octanol–water partition coefficient (Wildman–Crippen LogP) is 3.76. The largest absolute Gasteiger partial charge is 0.384 e. The molecule has 4 aliphatic carbocycles. The van der Waals surface area contributed by atoms with Crippen molar-refractivity contribution in [1.29, 1.82) is 0 Å². The minimum Gasteiger partial charge on any atom is -0.384 e. The van der Waals surface area contributed by atoms with E-state index in [0.717, 1.165) is 25.9 Å². The van der Waals surface area contributed by atoms with E-state index in [2.05, 4.69) is 48.5 Å². The SMILES string of the molecule is COC[C@H]1Cc2ccc(cc2)CCc2ccc1cc2. The van der Waals surface area contributed by atoms with Crippen LogP contribution < -0.4 is 0 Å². The molecule has 0 aromatic heterocycles. The summed E-state index contributed by atoms with van der Waals surface area (Å²) in [6.07, 6.45) is 3.29. The second kappa shape index (κ2) is 5.58. The number of benzene rings is 2. The van der Waals surface area contributed by atoms with E-state index in [9.17, 15) is 0 Å². The fourth-order valence-electron chi connectivity index (χ4n) is 2.85. The van der Waals surface area contributed by atoms with Gasteiger partial charge in [-0.2, -0.15) is 0 Å². The highest BCUT2D eigenvalue weighted by molar-refractivity contribution is 5.31. The molecule has 0 aliphatic heterocycles. The first-order chi connectivity index (χ1) is 9.35. The van der Waals surface area contributed by atoms with E-state index >= 15 is 0 Å². The van der Waals surface area contributed by atoms with Gasteiger partial charge in [0.15, 0.2) is 0 Å². The first-order valence-electron chi connectivity index (χ1n) is 7.01. The molecule has 1 nitrogen and oxygen atoms in total. The third-order valence-electron chi connectivity index (χ3n) is 4.03. The Bertz CT molecular complexity index is 525. The van der Waals surface area contributed by atoms with Crippen molar-refractivity contribution >= 4 is 0 Å². The zero-order chi connectivity index (χ0) is 13.1. The number of methoxy groups -OCH3 is 1. The summed E-state index contributed by atoms with van der Waals surface area (Å²) in [7, 11) is 1.79. The third kappa shape index (κ3) is 2.87. The molecule has 0 amide bonds. The van der Waals surface area contributed by atoms with E-state index < -0.39 is 0 Å². The summed E-state index contributed by atoms with van der Waals surface area (Å²) in [6.45, 7) is 0.779. The van der Waals surface area contributed by atoms with Crippen LogP contribution in [0.15, 0.2) is 48.5 Å². The Morgan fingerprint density at radius 3 is 1.95 bits per heavy atom. The van der Waals surface area contributed by atoms with E-state index in [1.165, 1.54) is 22.3 Å². The summed E-state index contributed by atoms with van der Waals surface area (Å²) in [5.41, 5.74) is 5.63. The Balaban J connectivity index is 1.98. The molecule has 0 N–H and O–H groups in total. The molecule has 2 aromatic rings. The summed E-state index contributed by atoms with van der Waals surface area (Å²) in [5, 5.41) is 0. The van der Waals surface area contributed by atoms with E-state index in [4.69, 9.17) is 4.74 Å². The van der Waals surface area contributed by atoms with Gasteiger partial charge in [0.25, 0.3) is 0 Å². The second-order valence-corrected chi connectivity index (χ2v) is 5.41. The van der Waals surface area contributed by atoms with Gasteiger partial charge in [0.1, 0.15) is 0 Å². The monoisotopic (exact) mass is 252 g/mol. The molecule has 19 heavy (non-hydrogen) atoms. The fourth-order valence-corrected chi connectivity index (χ4v) is 2.85. The Hall–Kier alpha value is -1.60. The average molecular weight is 252 g/mol. The second-order valence-electron chi connectivity index (χ2n) is 5.41. The lowest BCUT2D eigenvalue weighted by atomic mass is 9.90.